The normalized spacial score (nSPS) is 21.8. The molecule has 24 heavy (non-hydrogen) atoms. The Morgan fingerprint density at radius 3 is 2.54 bits per heavy atom. The molecule has 1 atom stereocenters. The average molecular weight is 331 g/mol. The van der Waals surface area contributed by atoms with Crippen molar-refractivity contribution in [3.63, 3.8) is 0 Å². The molecule has 2 heterocycles. The van der Waals surface area contributed by atoms with E-state index in [-0.39, 0.29) is 23.7 Å². The smallest absolute Gasteiger partial charge is 0.251 e. The summed E-state index contributed by atoms with van der Waals surface area (Å²) in [4.78, 5) is 26.9. The predicted molar refractivity (Wildman–Crippen MR) is 90.3 cm³/mol. The highest BCUT2D eigenvalue weighted by molar-refractivity contribution is 5.98. The van der Waals surface area contributed by atoms with Gasteiger partial charge in [-0.1, -0.05) is 0 Å². The molecule has 5 heteroatoms. The third kappa shape index (κ3) is 3.46. The topological polar surface area (TPSA) is 55.8 Å². The molecule has 1 aromatic carbocycles. The van der Waals surface area contributed by atoms with E-state index in [2.05, 4.69) is 0 Å². The van der Waals surface area contributed by atoms with Crippen LogP contribution in [0, 0.1) is 12.8 Å². The summed E-state index contributed by atoms with van der Waals surface area (Å²) in [5.41, 5.74) is 1.70. The van der Waals surface area contributed by atoms with E-state index in [1.54, 1.807) is 7.11 Å². The van der Waals surface area contributed by atoms with Crippen LogP contribution in [-0.4, -0.2) is 49.5 Å². The van der Waals surface area contributed by atoms with Crippen LogP contribution in [0.5, 0.6) is 5.75 Å². The summed E-state index contributed by atoms with van der Waals surface area (Å²) in [6, 6.07) is 5.57. The number of piperidine rings is 1. The second-order valence-corrected chi connectivity index (χ2v) is 6.65. The van der Waals surface area contributed by atoms with Crippen LogP contribution in [0.4, 0.5) is 0 Å². The van der Waals surface area contributed by atoms with Gasteiger partial charge in [-0.05, 0) is 56.4 Å². The molecule has 1 unspecified atom stereocenters. The Bertz CT molecular complexity index is 614. The van der Waals surface area contributed by atoms with E-state index >= 15 is 0 Å². The molecule has 0 spiro atoms. The van der Waals surface area contributed by atoms with Gasteiger partial charge in [-0.2, -0.15) is 0 Å². The molecule has 2 aliphatic rings. The van der Waals surface area contributed by atoms with Gasteiger partial charge in [-0.15, -0.1) is 0 Å². The molecular formula is C19H25NO4. The number of carbonyl (C=O) groups excluding carboxylic acids is 2. The Hall–Kier alpha value is -1.88. The third-order valence-electron chi connectivity index (χ3n) is 5.06. The maximum absolute atomic E-state index is 12.7. The van der Waals surface area contributed by atoms with Crippen molar-refractivity contribution in [1.29, 1.82) is 0 Å². The molecule has 3 rings (SSSR count). The van der Waals surface area contributed by atoms with Crippen LogP contribution >= 0.6 is 0 Å². The van der Waals surface area contributed by atoms with Crippen LogP contribution in [0.3, 0.4) is 0 Å². The second-order valence-electron chi connectivity index (χ2n) is 6.65. The van der Waals surface area contributed by atoms with Crippen molar-refractivity contribution in [3.8, 4) is 5.75 Å². The molecule has 130 valence electrons. The fraction of sp³-hybridized carbons (Fsp3) is 0.579. The summed E-state index contributed by atoms with van der Waals surface area (Å²) >= 11 is 0. The number of hydrogen-bond donors (Lipinski definition) is 0. The van der Waals surface area contributed by atoms with Gasteiger partial charge >= 0.3 is 0 Å². The Labute approximate surface area is 142 Å². The number of likely N-dealkylation sites (tertiary alicyclic amines) is 1. The van der Waals surface area contributed by atoms with Gasteiger partial charge in [-0.3, -0.25) is 9.59 Å². The number of aryl methyl sites for hydroxylation is 1. The number of amides is 1. The Morgan fingerprint density at radius 2 is 1.96 bits per heavy atom. The van der Waals surface area contributed by atoms with Gasteiger partial charge < -0.3 is 14.4 Å². The molecule has 0 N–H and O–H groups in total. The number of hydrogen-bond acceptors (Lipinski definition) is 4. The van der Waals surface area contributed by atoms with Gasteiger partial charge in [0, 0.05) is 31.2 Å². The minimum absolute atomic E-state index is 0.00802. The van der Waals surface area contributed by atoms with Crippen molar-refractivity contribution in [2.45, 2.75) is 38.7 Å². The number of rotatable bonds is 4. The first-order valence-electron chi connectivity index (χ1n) is 8.69. The number of Topliss-reactive ketones (excluding diaryl/α,β-unsaturated/α-hetero) is 1. The summed E-state index contributed by atoms with van der Waals surface area (Å²) in [6.07, 6.45) is 2.97. The molecule has 5 nitrogen and oxygen atoms in total. The maximum Gasteiger partial charge on any atom is 0.251 e. The van der Waals surface area contributed by atoms with Crippen molar-refractivity contribution >= 4 is 11.7 Å². The molecule has 2 saturated heterocycles. The van der Waals surface area contributed by atoms with Crippen molar-refractivity contribution in [2.24, 2.45) is 5.92 Å². The van der Waals surface area contributed by atoms with Crippen molar-refractivity contribution in [3.05, 3.63) is 29.3 Å². The SMILES string of the molecule is COc1ccc(C(=O)C2CCN(C(=O)C3CCCO3)CC2)cc1C. The van der Waals surface area contributed by atoms with Gasteiger partial charge in [0.15, 0.2) is 5.78 Å². The molecule has 2 fully saturated rings. The molecule has 2 aliphatic heterocycles. The summed E-state index contributed by atoms with van der Waals surface area (Å²) < 4.78 is 10.7. The molecule has 0 saturated carbocycles. The van der Waals surface area contributed by atoms with Gasteiger partial charge in [0.05, 0.1) is 7.11 Å². The first-order chi connectivity index (χ1) is 11.6. The highest BCUT2D eigenvalue weighted by Gasteiger charge is 2.32. The van der Waals surface area contributed by atoms with Gasteiger partial charge in [0.2, 0.25) is 0 Å². The molecule has 0 radical (unpaired) electrons. The van der Waals surface area contributed by atoms with Crippen LogP contribution in [0.25, 0.3) is 0 Å². The zero-order chi connectivity index (χ0) is 17.1. The highest BCUT2D eigenvalue weighted by Crippen LogP contribution is 2.26. The Balaban J connectivity index is 1.58. The van der Waals surface area contributed by atoms with Crippen LogP contribution in [-0.2, 0) is 9.53 Å². The molecule has 0 bridgehead atoms. The fourth-order valence-electron chi connectivity index (χ4n) is 3.61. The van der Waals surface area contributed by atoms with Crippen LogP contribution in [0.1, 0.15) is 41.6 Å². The predicted octanol–water partition coefficient (Wildman–Crippen LogP) is 2.60. The van der Waals surface area contributed by atoms with E-state index < -0.39 is 0 Å². The third-order valence-corrected chi connectivity index (χ3v) is 5.06. The lowest BCUT2D eigenvalue weighted by atomic mass is 9.88. The lowest BCUT2D eigenvalue weighted by Gasteiger charge is -2.32. The summed E-state index contributed by atoms with van der Waals surface area (Å²) in [5.74, 6) is 1.05. The van der Waals surface area contributed by atoms with Crippen molar-refractivity contribution in [2.75, 3.05) is 26.8 Å². The summed E-state index contributed by atoms with van der Waals surface area (Å²) in [5, 5.41) is 0. The first kappa shape index (κ1) is 17.0. The number of methoxy groups -OCH3 is 1. The van der Waals surface area contributed by atoms with E-state index in [1.807, 2.05) is 30.0 Å². The average Bonchev–Trinajstić information content (AvgIpc) is 3.15. The van der Waals surface area contributed by atoms with Crippen LogP contribution in [0.2, 0.25) is 0 Å². The zero-order valence-corrected chi connectivity index (χ0v) is 14.4. The first-order valence-corrected chi connectivity index (χ1v) is 8.69. The Kier molecular flexibility index (Phi) is 5.19. The number of ketones is 1. The van der Waals surface area contributed by atoms with E-state index in [4.69, 9.17) is 9.47 Å². The summed E-state index contributed by atoms with van der Waals surface area (Å²) in [6.45, 7) is 3.91. The Morgan fingerprint density at radius 1 is 1.21 bits per heavy atom. The van der Waals surface area contributed by atoms with E-state index in [1.165, 1.54) is 0 Å². The van der Waals surface area contributed by atoms with E-state index in [0.29, 0.717) is 19.7 Å². The summed E-state index contributed by atoms with van der Waals surface area (Å²) in [7, 11) is 1.63. The second kappa shape index (κ2) is 7.34. The van der Waals surface area contributed by atoms with Crippen LogP contribution < -0.4 is 4.74 Å². The largest absolute Gasteiger partial charge is 0.496 e. The van der Waals surface area contributed by atoms with Crippen molar-refractivity contribution in [1.82, 2.24) is 4.90 Å². The molecule has 0 aromatic heterocycles. The van der Waals surface area contributed by atoms with E-state index in [9.17, 15) is 9.59 Å². The van der Waals surface area contributed by atoms with E-state index in [0.717, 1.165) is 42.6 Å². The number of carbonyl (C=O) groups is 2. The minimum Gasteiger partial charge on any atom is -0.496 e. The molecule has 1 aromatic rings. The van der Waals surface area contributed by atoms with Gasteiger partial charge in [-0.25, -0.2) is 0 Å². The maximum atomic E-state index is 12.7. The minimum atomic E-state index is -0.263. The number of benzene rings is 1. The fourth-order valence-corrected chi connectivity index (χ4v) is 3.61. The van der Waals surface area contributed by atoms with Crippen LogP contribution in [0.15, 0.2) is 18.2 Å². The number of ether oxygens (including phenoxy) is 2. The standard InChI is InChI=1S/C19H25NO4/c1-13-12-15(5-6-16(13)23-2)18(21)14-7-9-20(10-8-14)19(22)17-4-3-11-24-17/h5-6,12,14,17H,3-4,7-11H2,1-2H3. The zero-order valence-electron chi connectivity index (χ0n) is 14.4. The lowest BCUT2D eigenvalue weighted by Crippen LogP contribution is -2.44. The lowest BCUT2D eigenvalue weighted by molar-refractivity contribution is -0.142. The monoisotopic (exact) mass is 331 g/mol. The number of nitrogens with zero attached hydrogens (tertiary/aromatic N) is 1. The molecular weight excluding hydrogens is 306 g/mol. The van der Waals surface area contributed by atoms with Gasteiger partial charge in [0.25, 0.3) is 5.91 Å². The molecule has 1 amide bonds. The molecule has 0 aliphatic carbocycles. The van der Waals surface area contributed by atoms with Crippen molar-refractivity contribution < 1.29 is 19.1 Å². The highest BCUT2D eigenvalue weighted by atomic mass is 16.5. The quantitative estimate of drug-likeness (QED) is 0.796. The van der Waals surface area contributed by atoms with Gasteiger partial charge in [0.1, 0.15) is 11.9 Å².